The summed E-state index contributed by atoms with van der Waals surface area (Å²) in [4.78, 5) is 0. The Morgan fingerprint density at radius 3 is 2.00 bits per heavy atom. The Kier molecular flexibility index (Phi) is 4.94. The summed E-state index contributed by atoms with van der Waals surface area (Å²) in [5.41, 5.74) is -3.59. The zero-order valence-electron chi connectivity index (χ0n) is 7.82. The summed E-state index contributed by atoms with van der Waals surface area (Å²) < 4.78 is 72.9. The zero-order chi connectivity index (χ0) is 11.1. The maximum atomic E-state index is 12.1. The number of hydrogen-bond acceptors (Lipinski definition) is 1. The smallest absolute Gasteiger partial charge is 0.445 e. The van der Waals surface area contributed by atoms with Gasteiger partial charge < -0.3 is 12.9 Å². The molecule has 0 aromatic carbocycles. The first-order chi connectivity index (χ1) is 6.12. The number of rotatable bonds is 1. The van der Waals surface area contributed by atoms with Gasteiger partial charge in [-0.25, -0.2) is 0 Å². The van der Waals surface area contributed by atoms with Crippen LogP contribution in [0.1, 0.15) is 5.69 Å². The summed E-state index contributed by atoms with van der Waals surface area (Å²) in [7, 11) is 1.00. The van der Waals surface area contributed by atoms with Crippen molar-refractivity contribution in [3.05, 3.63) is 11.9 Å². The van der Waals surface area contributed by atoms with E-state index in [1.807, 2.05) is 0 Å². The van der Waals surface area contributed by atoms with E-state index >= 15 is 0 Å². The van der Waals surface area contributed by atoms with Crippen molar-refractivity contribution >= 4 is 12.4 Å². The molecule has 0 saturated heterocycles. The number of halogens is 6. The largest absolute Gasteiger partial charge is 1.00 e. The first-order valence-corrected chi connectivity index (χ1v) is 3.43. The van der Waals surface area contributed by atoms with E-state index in [9.17, 15) is 26.1 Å². The second-order valence-corrected chi connectivity index (χ2v) is 2.68. The van der Waals surface area contributed by atoms with E-state index in [0.29, 0.717) is 10.9 Å². The maximum Gasteiger partial charge on any atom is 1.00 e. The van der Waals surface area contributed by atoms with Gasteiger partial charge in [-0.1, -0.05) is 5.46 Å². The fourth-order valence-electron chi connectivity index (χ4n) is 0.967. The van der Waals surface area contributed by atoms with Gasteiger partial charge >= 0.3 is 64.5 Å². The van der Waals surface area contributed by atoms with Crippen molar-refractivity contribution in [1.82, 2.24) is 9.78 Å². The van der Waals surface area contributed by atoms with Crippen LogP contribution in [0.5, 0.6) is 0 Å². The molecule has 0 spiro atoms. The number of aromatic nitrogens is 2. The van der Waals surface area contributed by atoms with Crippen LogP contribution in [0.3, 0.4) is 0 Å². The van der Waals surface area contributed by atoms with E-state index in [1.165, 1.54) is 0 Å². The molecular weight excluding hydrogens is 252 g/mol. The van der Waals surface area contributed by atoms with E-state index in [1.54, 1.807) is 0 Å². The molecule has 10 heteroatoms. The molecule has 0 aliphatic rings. The zero-order valence-corrected chi connectivity index (χ0v) is 10.9. The van der Waals surface area contributed by atoms with Gasteiger partial charge in [0.05, 0.1) is 0 Å². The van der Waals surface area contributed by atoms with Crippen LogP contribution in [0, 0.1) is 0 Å². The van der Waals surface area contributed by atoms with Crippen molar-refractivity contribution in [2.75, 3.05) is 0 Å². The Labute approximate surface area is 123 Å². The summed E-state index contributed by atoms with van der Waals surface area (Å²) in [6.07, 6.45) is -4.75. The topological polar surface area (TPSA) is 17.8 Å². The third-order valence-electron chi connectivity index (χ3n) is 1.48. The maximum absolute atomic E-state index is 12.1. The number of hydrogen-bond donors (Lipinski definition) is 0. The second-order valence-electron chi connectivity index (χ2n) is 2.68. The van der Waals surface area contributed by atoms with Gasteiger partial charge in [0.1, 0.15) is 5.69 Å². The standard InChI is InChI=1S/C5H4BF6N2.K/c1-14-2-3(6(10,11)12)4(13-14)5(7,8)9;/h2H,1H3;/q-1;+1. The van der Waals surface area contributed by atoms with Crippen LogP contribution in [0.25, 0.3) is 0 Å². The Balaban J connectivity index is 0.00000196. The van der Waals surface area contributed by atoms with E-state index < -0.39 is 24.3 Å². The predicted octanol–water partition coefficient (Wildman–Crippen LogP) is -1.50. The van der Waals surface area contributed by atoms with Gasteiger partial charge in [-0.15, -0.1) is 0 Å². The van der Waals surface area contributed by atoms with Crippen LogP contribution in [0.15, 0.2) is 6.20 Å². The molecule has 0 amide bonds. The van der Waals surface area contributed by atoms with Gasteiger partial charge in [-0.2, -0.15) is 18.3 Å². The molecular formula is C5H4BF6KN2. The van der Waals surface area contributed by atoms with Crippen molar-refractivity contribution in [3.8, 4) is 0 Å². The predicted molar refractivity (Wildman–Crippen MR) is 36.9 cm³/mol. The molecule has 0 atom stereocenters. The first kappa shape index (κ1) is 15.5. The molecule has 1 aromatic heterocycles. The average Bonchev–Trinajstić information content (AvgIpc) is 2.27. The molecule has 0 N–H and O–H groups in total. The second kappa shape index (κ2) is 4.78. The van der Waals surface area contributed by atoms with E-state index in [4.69, 9.17) is 0 Å². The molecule has 0 fully saturated rings. The van der Waals surface area contributed by atoms with Gasteiger partial charge in [0, 0.05) is 7.05 Å². The molecule has 0 bridgehead atoms. The van der Waals surface area contributed by atoms with Gasteiger partial charge in [-0.05, 0) is 6.20 Å². The Hall–Kier alpha value is 0.491. The average molecular weight is 256 g/mol. The summed E-state index contributed by atoms with van der Waals surface area (Å²) in [6, 6.07) is 0. The van der Waals surface area contributed by atoms with Crippen molar-refractivity contribution in [2.45, 2.75) is 6.18 Å². The molecule has 0 unspecified atom stereocenters. The fourth-order valence-corrected chi connectivity index (χ4v) is 0.967. The molecule has 0 radical (unpaired) electrons. The minimum absolute atomic E-state index is 0. The molecule has 15 heavy (non-hydrogen) atoms. The van der Waals surface area contributed by atoms with Crippen molar-refractivity contribution in [3.63, 3.8) is 0 Å². The van der Waals surface area contributed by atoms with Crippen molar-refractivity contribution in [1.29, 1.82) is 0 Å². The Morgan fingerprint density at radius 2 is 1.73 bits per heavy atom. The van der Waals surface area contributed by atoms with Crippen LogP contribution in [0.2, 0.25) is 0 Å². The molecule has 1 aromatic rings. The van der Waals surface area contributed by atoms with Crippen molar-refractivity contribution < 1.29 is 77.5 Å². The minimum atomic E-state index is -5.68. The molecule has 0 saturated carbocycles. The SMILES string of the molecule is Cn1cc([B-](F)(F)F)c(C(F)(F)F)n1.[K+]. The van der Waals surface area contributed by atoms with E-state index in [-0.39, 0.29) is 51.4 Å². The Morgan fingerprint density at radius 1 is 1.27 bits per heavy atom. The first-order valence-electron chi connectivity index (χ1n) is 3.43. The van der Waals surface area contributed by atoms with Crippen molar-refractivity contribution in [2.24, 2.45) is 7.05 Å². The molecule has 0 aliphatic carbocycles. The monoisotopic (exact) mass is 256 g/mol. The van der Waals surface area contributed by atoms with Gasteiger partial charge in [-0.3, -0.25) is 4.68 Å². The van der Waals surface area contributed by atoms with E-state index in [0.717, 1.165) is 7.05 Å². The number of aryl methyl sites for hydroxylation is 1. The van der Waals surface area contributed by atoms with Gasteiger partial charge in [0.15, 0.2) is 0 Å². The number of alkyl halides is 3. The van der Waals surface area contributed by atoms with Crippen LogP contribution < -0.4 is 56.8 Å². The summed E-state index contributed by atoms with van der Waals surface area (Å²) in [6.45, 7) is -5.68. The van der Waals surface area contributed by atoms with E-state index in [2.05, 4.69) is 5.10 Å². The third-order valence-corrected chi connectivity index (χ3v) is 1.48. The summed E-state index contributed by atoms with van der Waals surface area (Å²) in [5, 5.41) is 2.74. The van der Waals surface area contributed by atoms with Gasteiger partial charge in [0.25, 0.3) is 0 Å². The third kappa shape index (κ3) is 3.77. The molecule has 2 nitrogen and oxygen atoms in total. The number of nitrogens with zero attached hydrogens (tertiary/aromatic N) is 2. The van der Waals surface area contributed by atoms with Crippen LogP contribution in [-0.2, 0) is 13.2 Å². The van der Waals surface area contributed by atoms with Crippen LogP contribution >= 0.6 is 0 Å². The molecule has 1 rings (SSSR count). The van der Waals surface area contributed by atoms with Gasteiger partial charge in [0.2, 0.25) is 0 Å². The Bertz CT molecular complexity index is 311. The fraction of sp³-hybridized carbons (Fsp3) is 0.400. The molecule has 80 valence electrons. The quantitative estimate of drug-likeness (QED) is 0.441. The van der Waals surface area contributed by atoms with Crippen LogP contribution in [-0.4, -0.2) is 16.8 Å². The minimum Gasteiger partial charge on any atom is -0.445 e. The molecule has 0 aliphatic heterocycles. The van der Waals surface area contributed by atoms with Crippen LogP contribution in [0.4, 0.5) is 26.1 Å². The summed E-state index contributed by atoms with van der Waals surface area (Å²) >= 11 is 0. The summed E-state index contributed by atoms with van der Waals surface area (Å²) in [5.74, 6) is 0. The molecule has 1 heterocycles. The normalized spacial score (nSPS) is 12.5.